The van der Waals surface area contributed by atoms with Gasteiger partial charge in [-0.1, -0.05) is 17.7 Å². The van der Waals surface area contributed by atoms with Crippen LogP contribution in [0.1, 0.15) is 15.2 Å². The number of hydrogen-bond donors (Lipinski definition) is 1. The number of carbonyl (C=O) groups is 1. The van der Waals surface area contributed by atoms with E-state index < -0.39 is 5.97 Å². The number of rotatable bonds is 5. The van der Waals surface area contributed by atoms with Crippen LogP contribution in [0.5, 0.6) is 5.75 Å². The highest BCUT2D eigenvalue weighted by atomic mass is 35.5. The van der Waals surface area contributed by atoms with Crippen LogP contribution in [0.3, 0.4) is 0 Å². The zero-order valence-corrected chi connectivity index (χ0v) is 11.0. The molecule has 0 unspecified atom stereocenters. The minimum atomic E-state index is -1.04. The van der Waals surface area contributed by atoms with Crippen LogP contribution in [-0.2, 0) is 6.42 Å². The molecule has 0 aliphatic rings. The average Bonchev–Trinajstić information content (AvgIpc) is 2.81. The Balaban J connectivity index is 1.94. The van der Waals surface area contributed by atoms with E-state index in [9.17, 15) is 4.79 Å². The minimum absolute atomic E-state index is 0.0854. The third-order valence-electron chi connectivity index (χ3n) is 2.37. The minimum Gasteiger partial charge on any atom is -0.493 e. The maximum absolute atomic E-state index is 10.8. The third kappa shape index (κ3) is 3.24. The fourth-order valence-corrected chi connectivity index (χ4v) is 2.42. The number of benzene rings is 1. The summed E-state index contributed by atoms with van der Waals surface area (Å²) in [6.45, 7) is 0.545. The molecule has 2 aromatic rings. The van der Waals surface area contributed by atoms with E-state index in [2.05, 4.69) is 6.07 Å². The number of carboxylic acids is 1. The number of thiophene rings is 1. The van der Waals surface area contributed by atoms with Crippen LogP contribution in [0.15, 0.2) is 35.7 Å². The van der Waals surface area contributed by atoms with E-state index in [4.69, 9.17) is 21.4 Å². The molecular weight excluding hydrogens is 272 g/mol. The highest BCUT2D eigenvalue weighted by Crippen LogP contribution is 2.22. The second kappa shape index (κ2) is 5.89. The zero-order chi connectivity index (χ0) is 13.0. The lowest BCUT2D eigenvalue weighted by molar-refractivity contribution is 0.0697. The van der Waals surface area contributed by atoms with Crippen LogP contribution in [0.4, 0.5) is 0 Å². The lowest BCUT2D eigenvalue weighted by atomic mass is 10.2. The van der Waals surface area contributed by atoms with Crippen LogP contribution >= 0.6 is 22.9 Å². The van der Waals surface area contributed by atoms with Crippen LogP contribution in [0.25, 0.3) is 0 Å². The molecule has 18 heavy (non-hydrogen) atoms. The molecule has 0 atom stereocenters. The highest BCUT2D eigenvalue weighted by Gasteiger charge is 2.09. The Morgan fingerprint density at radius 2 is 2.22 bits per heavy atom. The Hall–Kier alpha value is -1.52. The molecule has 1 heterocycles. The number of aromatic carboxylic acids is 1. The van der Waals surface area contributed by atoms with Crippen LogP contribution in [-0.4, -0.2) is 17.7 Å². The van der Waals surface area contributed by atoms with Crippen molar-refractivity contribution in [1.29, 1.82) is 0 Å². The number of ether oxygens (including phenoxy) is 1. The first-order valence-corrected chi connectivity index (χ1v) is 6.60. The molecule has 1 N–H and O–H groups in total. The highest BCUT2D eigenvalue weighted by molar-refractivity contribution is 7.09. The fourth-order valence-electron chi connectivity index (χ4n) is 1.48. The van der Waals surface area contributed by atoms with Gasteiger partial charge in [0.15, 0.2) is 0 Å². The van der Waals surface area contributed by atoms with E-state index in [0.29, 0.717) is 12.4 Å². The molecule has 0 radical (unpaired) electrons. The van der Waals surface area contributed by atoms with Crippen LogP contribution < -0.4 is 4.74 Å². The van der Waals surface area contributed by atoms with Gasteiger partial charge in [-0.05, 0) is 29.6 Å². The van der Waals surface area contributed by atoms with Gasteiger partial charge in [-0.25, -0.2) is 4.79 Å². The summed E-state index contributed by atoms with van der Waals surface area (Å²) < 4.78 is 5.52. The molecule has 1 aromatic carbocycles. The van der Waals surface area contributed by atoms with Crippen molar-refractivity contribution in [3.63, 3.8) is 0 Å². The van der Waals surface area contributed by atoms with E-state index >= 15 is 0 Å². The Morgan fingerprint density at radius 3 is 2.83 bits per heavy atom. The molecule has 0 amide bonds. The molecule has 0 aliphatic carbocycles. The van der Waals surface area contributed by atoms with Crippen LogP contribution in [0.2, 0.25) is 5.02 Å². The molecule has 1 aromatic heterocycles. The lowest BCUT2D eigenvalue weighted by Crippen LogP contribution is -2.02. The number of hydrogen-bond acceptors (Lipinski definition) is 3. The SMILES string of the molecule is O=C(O)c1ccc(OCCc2cccs2)cc1Cl. The van der Waals surface area contributed by atoms with Gasteiger partial charge < -0.3 is 9.84 Å². The van der Waals surface area contributed by atoms with Gasteiger partial charge in [0, 0.05) is 11.3 Å². The Labute approximate surface area is 114 Å². The van der Waals surface area contributed by atoms with E-state index in [-0.39, 0.29) is 10.6 Å². The Kier molecular flexibility index (Phi) is 4.23. The van der Waals surface area contributed by atoms with Gasteiger partial charge in [0.25, 0.3) is 0 Å². The molecule has 0 spiro atoms. The second-order valence-corrected chi connectivity index (χ2v) is 5.06. The summed E-state index contributed by atoms with van der Waals surface area (Å²) in [6, 6.07) is 8.64. The first-order chi connectivity index (χ1) is 8.66. The normalized spacial score (nSPS) is 10.3. The monoisotopic (exact) mass is 282 g/mol. The number of carboxylic acid groups (broad SMARTS) is 1. The summed E-state index contributed by atoms with van der Waals surface area (Å²) >= 11 is 7.53. The van der Waals surface area contributed by atoms with Crippen molar-refractivity contribution in [1.82, 2.24) is 0 Å². The zero-order valence-electron chi connectivity index (χ0n) is 9.43. The van der Waals surface area contributed by atoms with E-state index in [1.165, 1.54) is 17.0 Å². The van der Waals surface area contributed by atoms with E-state index in [0.717, 1.165) is 6.42 Å². The van der Waals surface area contributed by atoms with Gasteiger partial charge in [-0.3, -0.25) is 0 Å². The molecule has 94 valence electrons. The van der Waals surface area contributed by atoms with Crippen molar-refractivity contribution in [2.24, 2.45) is 0 Å². The van der Waals surface area contributed by atoms with Gasteiger partial charge in [0.05, 0.1) is 17.2 Å². The lowest BCUT2D eigenvalue weighted by Gasteiger charge is -2.06. The first kappa shape index (κ1) is 12.9. The number of halogens is 1. The molecule has 5 heteroatoms. The predicted molar refractivity (Wildman–Crippen MR) is 71.9 cm³/mol. The van der Waals surface area contributed by atoms with Crippen molar-refractivity contribution in [2.75, 3.05) is 6.61 Å². The molecule has 0 bridgehead atoms. The van der Waals surface area contributed by atoms with Crippen molar-refractivity contribution in [3.05, 3.63) is 51.2 Å². The molecule has 2 rings (SSSR count). The van der Waals surface area contributed by atoms with E-state index in [1.54, 1.807) is 17.4 Å². The van der Waals surface area contributed by atoms with Crippen molar-refractivity contribution < 1.29 is 14.6 Å². The van der Waals surface area contributed by atoms with Crippen molar-refractivity contribution in [2.45, 2.75) is 6.42 Å². The summed E-state index contributed by atoms with van der Waals surface area (Å²) in [5.41, 5.74) is 0.0854. The predicted octanol–water partition coefficient (Wildman–Crippen LogP) is 3.72. The summed E-state index contributed by atoms with van der Waals surface area (Å²) in [7, 11) is 0. The Morgan fingerprint density at radius 1 is 1.39 bits per heavy atom. The maximum Gasteiger partial charge on any atom is 0.337 e. The third-order valence-corrected chi connectivity index (χ3v) is 3.62. The van der Waals surface area contributed by atoms with Gasteiger partial charge >= 0.3 is 5.97 Å². The molecule has 0 aliphatic heterocycles. The summed E-state index contributed by atoms with van der Waals surface area (Å²) in [5, 5.41) is 11.0. The quantitative estimate of drug-likeness (QED) is 0.909. The second-order valence-electron chi connectivity index (χ2n) is 3.62. The van der Waals surface area contributed by atoms with Crippen molar-refractivity contribution >= 4 is 28.9 Å². The topological polar surface area (TPSA) is 46.5 Å². The molecule has 0 saturated heterocycles. The van der Waals surface area contributed by atoms with Gasteiger partial charge in [0.2, 0.25) is 0 Å². The summed E-state index contributed by atoms with van der Waals surface area (Å²) in [5.74, 6) is -0.452. The summed E-state index contributed by atoms with van der Waals surface area (Å²) in [4.78, 5) is 12.0. The maximum atomic E-state index is 10.8. The summed E-state index contributed by atoms with van der Waals surface area (Å²) in [6.07, 6.45) is 0.829. The van der Waals surface area contributed by atoms with Crippen molar-refractivity contribution in [3.8, 4) is 5.75 Å². The smallest absolute Gasteiger partial charge is 0.337 e. The van der Waals surface area contributed by atoms with Crippen LogP contribution in [0, 0.1) is 0 Å². The Bertz CT molecular complexity index is 537. The van der Waals surface area contributed by atoms with Gasteiger partial charge in [0.1, 0.15) is 5.75 Å². The average molecular weight is 283 g/mol. The van der Waals surface area contributed by atoms with E-state index in [1.807, 2.05) is 11.4 Å². The van der Waals surface area contributed by atoms with Gasteiger partial charge in [-0.15, -0.1) is 11.3 Å². The standard InChI is InChI=1S/C13H11ClO3S/c14-12-8-9(3-4-11(12)13(15)16)17-6-5-10-2-1-7-18-10/h1-4,7-8H,5-6H2,(H,15,16). The molecular formula is C13H11ClO3S. The van der Waals surface area contributed by atoms with Gasteiger partial charge in [-0.2, -0.15) is 0 Å². The fraction of sp³-hybridized carbons (Fsp3) is 0.154. The molecule has 0 saturated carbocycles. The molecule has 3 nitrogen and oxygen atoms in total. The first-order valence-electron chi connectivity index (χ1n) is 5.35. The largest absolute Gasteiger partial charge is 0.493 e. The molecule has 0 fully saturated rings.